The minimum atomic E-state index is -0.0609. The third-order valence-electron chi connectivity index (χ3n) is 7.50. The summed E-state index contributed by atoms with van der Waals surface area (Å²) >= 11 is 0. The predicted molar refractivity (Wildman–Crippen MR) is 152 cm³/mol. The van der Waals surface area contributed by atoms with E-state index in [1.807, 2.05) is 36.3 Å². The van der Waals surface area contributed by atoms with Gasteiger partial charge in [-0.25, -0.2) is 15.0 Å². The Morgan fingerprint density at radius 1 is 1.00 bits per heavy atom. The summed E-state index contributed by atoms with van der Waals surface area (Å²) in [5.41, 5.74) is 9.94. The van der Waals surface area contributed by atoms with Gasteiger partial charge in [0.1, 0.15) is 11.9 Å². The van der Waals surface area contributed by atoms with Crippen molar-refractivity contribution < 1.29 is 4.74 Å². The molecule has 0 amide bonds. The number of pyridine rings is 2. The van der Waals surface area contributed by atoms with Crippen LogP contribution >= 0.6 is 0 Å². The molecule has 196 valence electrons. The standard InChI is InChI=1S/C30H30N8O/c1-19-15-27(35-34-19)26-8-7-24-23(9-10-31-30(24)33-26)28-17-32-29-16-25(20(2)36-38(28)29)22-5-3-21(4-6-22)18-37-11-13-39-14-12-37/h3-10,15-17,29,32H,11-14,18H2,1-2H3,(H,34,35). The van der Waals surface area contributed by atoms with Gasteiger partial charge in [-0.3, -0.25) is 10.00 Å². The molecule has 1 atom stereocenters. The molecule has 39 heavy (non-hydrogen) atoms. The average molecular weight is 519 g/mol. The number of aryl methyl sites for hydroxylation is 1. The lowest BCUT2D eigenvalue weighted by Crippen LogP contribution is -2.35. The highest BCUT2D eigenvalue weighted by molar-refractivity contribution is 6.23. The van der Waals surface area contributed by atoms with Crippen molar-refractivity contribution in [2.24, 2.45) is 5.10 Å². The van der Waals surface area contributed by atoms with Crippen LogP contribution in [0.1, 0.15) is 29.3 Å². The molecule has 3 aliphatic heterocycles. The van der Waals surface area contributed by atoms with Gasteiger partial charge in [0.25, 0.3) is 0 Å². The Morgan fingerprint density at radius 2 is 1.85 bits per heavy atom. The summed E-state index contributed by atoms with van der Waals surface area (Å²) in [6, 6.07) is 16.9. The molecule has 4 aromatic rings. The first-order valence-corrected chi connectivity index (χ1v) is 13.3. The van der Waals surface area contributed by atoms with Crippen LogP contribution < -0.4 is 5.32 Å². The second-order valence-corrected chi connectivity index (χ2v) is 10.2. The first-order chi connectivity index (χ1) is 19.1. The molecule has 0 spiro atoms. The lowest BCUT2D eigenvalue weighted by molar-refractivity contribution is 0.0342. The van der Waals surface area contributed by atoms with Gasteiger partial charge in [-0.1, -0.05) is 24.3 Å². The fourth-order valence-electron chi connectivity index (χ4n) is 5.44. The molecule has 6 heterocycles. The van der Waals surface area contributed by atoms with Crippen LogP contribution in [0.15, 0.2) is 72.1 Å². The summed E-state index contributed by atoms with van der Waals surface area (Å²) in [5.74, 6) is 0. The number of nitrogens with zero attached hydrogens (tertiary/aromatic N) is 6. The molecular weight excluding hydrogens is 488 g/mol. The molecule has 1 aromatic carbocycles. The number of benzene rings is 1. The highest BCUT2D eigenvalue weighted by Crippen LogP contribution is 2.35. The minimum Gasteiger partial charge on any atom is -0.379 e. The van der Waals surface area contributed by atoms with Crippen LogP contribution in [-0.2, 0) is 11.3 Å². The zero-order valence-electron chi connectivity index (χ0n) is 22.1. The fraction of sp³-hybridized carbons (Fsp3) is 0.267. The number of fused-ring (bicyclic) bond motifs is 2. The summed E-state index contributed by atoms with van der Waals surface area (Å²) in [6.45, 7) is 8.63. The summed E-state index contributed by atoms with van der Waals surface area (Å²) in [4.78, 5) is 11.8. The molecule has 7 rings (SSSR count). The fourth-order valence-corrected chi connectivity index (χ4v) is 5.44. The molecule has 1 saturated heterocycles. The number of ether oxygens (including phenoxy) is 1. The van der Waals surface area contributed by atoms with Crippen LogP contribution in [0.3, 0.4) is 0 Å². The van der Waals surface area contributed by atoms with Crippen LogP contribution in [0.4, 0.5) is 0 Å². The van der Waals surface area contributed by atoms with E-state index in [1.165, 1.54) is 11.1 Å². The van der Waals surface area contributed by atoms with Crippen LogP contribution in [0.5, 0.6) is 0 Å². The maximum atomic E-state index is 5.47. The summed E-state index contributed by atoms with van der Waals surface area (Å²) < 4.78 is 5.47. The van der Waals surface area contributed by atoms with Crippen LogP contribution in [0.25, 0.3) is 33.7 Å². The van der Waals surface area contributed by atoms with Gasteiger partial charge < -0.3 is 10.1 Å². The largest absolute Gasteiger partial charge is 0.379 e. The van der Waals surface area contributed by atoms with E-state index in [0.717, 1.165) is 77.9 Å². The van der Waals surface area contributed by atoms with Crippen molar-refractivity contribution in [1.29, 1.82) is 0 Å². The van der Waals surface area contributed by atoms with E-state index in [1.54, 1.807) is 6.20 Å². The van der Waals surface area contributed by atoms with Crippen LogP contribution in [-0.4, -0.2) is 68.3 Å². The Hall–Kier alpha value is -4.34. The number of aromatic amines is 1. The Kier molecular flexibility index (Phi) is 5.94. The van der Waals surface area contributed by atoms with Crippen molar-refractivity contribution in [1.82, 2.24) is 35.4 Å². The van der Waals surface area contributed by atoms with E-state index in [0.29, 0.717) is 5.65 Å². The SMILES string of the molecule is CC1=NN2C(c3ccnc4nc(-c5cc(C)[nH]n5)ccc34)=CNC2C=C1c1ccc(CN2CCOCC2)cc1. The van der Waals surface area contributed by atoms with Gasteiger partial charge >= 0.3 is 0 Å². The second-order valence-electron chi connectivity index (χ2n) is 10.2. The first kappa shape index (κ1) is 23.8. The van der Waals surface area contributed by atoms with Crippen LogP contribution in [0.2, 0.25) is 0 Å². The van der Waals surface area contributed by atoms with Crippen molar-refractivity contribution in [2.75, 3.05) is 26.3 Å². The van der Waals surface area contributed by atoms with E-state index >= 15 is 0 Å². The molecule has 0 aliphatic carbocycles. The number of H-pyrrole nitrogens is 1. The topological polar surface area (TPSA) is 94.6 Å². The van der Waals surface area contributed by atoms with E-state index in [4.69, 9.17) is 14.8 Å². The number of rotatable bonds is 5. The molecular formula is C30H30N8O. The monoisotopic (exact) mass is 518 g/mol. The minimum absolute atomic E-state index is 0.0609. The summed E-state index contributed by atoms with van der Waals surface area (Å²) in [7, 11) is 0. The summed E-state index contributed by atoms with van der Waals surface area (Å²) in [5, 5.41) is 18.9. The van der Waals surface area contributed by atoms with Crippen molar-refractivity contribution in [3.63, 3.8) is 0 Å². The lowest BCUT2D eigenvalue weighted by atomic mass is 9.98. The number of hydrogen-bond acceptors (Lipinski definition) is 8. The highest BCUT2D eigenvalue weighted by atomic mass is 16.5. The van der Waals surface area contributed by atoms with Gasteiger partial charge in [0.15, 0.2) is 5.65 Å². The second kappa shape index (κ2) is 9.76. The molecule has 1 unspecified atom stereocenters. The quantitative estimate of drug-likeness (QED) is 0.410. The smallest absolute Gasteiger partial charge is 0.160 e. The summed E-state index contributed by atoms with van der Waals surface area (Å²) in [6.07, 6.45) is 6.03. The van der Waals surface area contributed by atoms with Crippen molar-refractivity contribution >= 4 is 28.0 Å². The lowest BCUT2D eigenvalue weighted by Gasteiger charge is -2.29. The normalized spacial score (nSPS) is 19.4. The number of hydrogen-bond donors (Lipinski definition) is 2. The van der Waals surface area contributed by atoms with E-state index < -0.39 is 0 Å². The van der Waals surface area contributed by atoms with Gasteiger partial charge in [-0.2, -0.15) is 10.2 Å². The predicted octanol–water partition coefficient (Wildman–Crippen LogP) is 4.16. The van der Waals surface area contributed by atoms with E-state index in [9.17, 15) is 0 Å². The Bertz CT molecular complexity index is 1630. The van der Waals surface area contributed by atoms with Crippen molar-refractivity contribution in [3.8, 4) is 11.4 Å². The van der Waals surface area contributed by atoms with Gasteiger partial charge in [0.05, 0.1) is 30.3 Å². The molecule has 1 fully saturated rings. The number of aromatic nitrogens is 4. The zero-order chi connectivity index (χ0) is 26.3. The van der Waals surface area contributed by atoms with Crippen molar-refractivity contribution in [2.45, 2.75) is 26.6 Å². The van der Waals surface area contributed by atoms with Crippen LogP contribution in [0, 0.1) is 6.92 Å². The molecule has 2 N–H and O–H groups in total. The zero-order valence-corrected chi connectivity index (χ0v) is 22.1. The van der Waals surface area contributed by atoms with Gasteiger partial charge in [0, 0.05) is 54.2 Å². The maximum absolute atomic E-state index is 5.47. The van der Waals surface area contributed by atoms with Gasteiger partial charge in [0.2, 0.25) is 0 Å². The maximum Gasteiger partial charge on any atom is 0.160 e. The van der Waals surface area contributed by atoms with Crippen molar-refractivity contribution in [3.05, 3.63) is 89.4 Å². The molecule has 9 nitrogen and oxygen atoms in total. The third kappa shape index (κ3) is 4.49. The number of nitrogens with one attached hydrogen (secondary N) is 2. The first-order valence-electron chi connectivity index (χ1n) is 13.3. The number of hydrazone groups is 1. The third-order valence-corrected chi connectivity index (χ3v) is 7.50. The van der Waals surface area contributed by atoms with Gasteiger partial charge in [-0.15, -0.1) is 0 Å². The molecule has 3 aliphatic rings. The Labute approximate surface area is 226 Å². The van der Waals surface area contributed by atoms with Gasteiger partial charge in [-0.05, 0) is 55.3 Å². The Morgan fingerprint density at radius 3 is 2.64 bits per heavy atom. The molecule has 0 saturated carbocycles. The molecule has 0 radical (unpaired) electrons. The number of allylic oxidation sites excluding steroid dienone is 1. The van der Waals surface area contributed by atoms with E-state index in [-0.39, 0.29) is 6.17 Å². The molecule has 0 bridgehead atoms. The highest BCUT2D eigenvalue weighted by Gasteiger charge is 2.30. The van der Waals surface area contributed by atoms with E-state index in [2.05, 4.69) is 68.7 Å². The molecule has 9 heteroatoms. The Balaban J connectivity index is 1.13. The number of morpholine rings is 1. The average Bonchev–Trinajstić information content (AvgIpc) is 3.59. The molecule has 3 aromatic heterocycles.